The highest BCUT2D eigenvalue weighted by Gasteiger charge is 2.32. The van der Waals surface area contributed by atoms with Crippen LogP contribution >= 0.6 is 11.3 Å². The van der Waals surface area contributed by atoms with Gasteiger partial charge in [-0.15, -0.1) is 0 Å². The highest BCUT2D eigenvalue weighted by atomic mass is 32.1. The Bertz CT molecular complexity index is 784. The van der Waals surface area contributed by atoms with Gasteiger partial charge in [-0.1, -0.05) is 18.7 Å². The lowest BCUT2D eigenvalue weighted by Gasteiger charge is -2.39. The molecule has 0 saturated carbocycles. The van der Waals surface area contributed by atoms with Crippen LogP contribution in [0.3, 0.4) is 0 Å². The van der Waals surface area contributed by atoms with Crippen LogP contribution in [0.5, 0.6) is 0 Å². The minimum absolute atomic E-state index is 0.0827. The largest absolute Gasteiger partial charge is 0.338 e. The molecule has 0 radical (unpaired) electrons. The molecule has 2 N–H and O–H groups in total. The number of thiophene rings is 1. The molecule has 0 bridgehead atoms. The number of hydrogen-bond donors (Lipinski definition) is 1. The molecule has 24 heavy (non-hydrogen) atoms. The lowest BCUT2D eigenvalue weighted by molar-refractivity contribution is -0.117. The number of rotatable bonds is 3. The van der Waals surface area contributed by atoms with E-state index in [9.17, 15) is 4.79 Å². The average Bonchev–Trinajstić information content (AvgIpc) is 3.22. The minimum atomic E-state index is -0.0827. The molecular weight excluding hydrogens is 318 g/mol. The van der Waals surface area contributed by atoms with Crippen molar-refractivity contribution < 1.29 is 4.79 Å². The van der Waals surface area contributed by atoms with Crippen molar-refractivity contribution in [2.24, 2.45) is 5.73 Å². The maximum atomic E-state index is 12.3. The van der Waals surface area contributed by atoms with E-state index in [4.69, 9.17) is 5.73 Å². The van der Waals surface area contributed by atoms with Crippen molar-refractivity contribution >= 4 is 28.6 Å². The second kappa shape index (κ2) is 6.07. The number of benzene rings is 1. The first kappa shape index (κ1) is 15.4. The van der Waals surface area contributed by atoms with E-state index in [-0.39, 0.29) is 11.9 Å². The number of amides is 1. The quantitative estimate of drug-likeness (QED) is 0.934. The predicted octanol–water partition coefficient (Wildman–Crippen LogP) is 3.28. The molecule has 2 aliphatic rings. The molecule has 1 unspecified atom stereocenters. The number of carbonyl (C=O) groups excluding carboxylic acids is 1. The normalized spacial score (nSPS) is 20.6. The molecule has 1 saturated heterocycles. The first-order valence-electron chi connectivity index (χ1n) is 8.30. The van der Waals surface area contributed by atoms with E-state index in [1.165, 1.54) is 11.1 Å². The summed E-state index contributed by atoms with van der Waals surface area (Å²) in [5, 5.41) is 4.23. The Balaban J connectivity index is 1.81. The summed E-state index contributed by atoms with van der Waals surface area (Å²) in [7, 11) is 0. The van der Waals surface area contributed by atoms with Crippen LogP contribution in [0.15, 0.2) is 47.3 Å². The first-order valence-corrected chi connectivity index (χ1v) is 9.24. The molecule has 4 rings (SSSR count). The Morgan fingerprint density at radius 1 is 1.33 bits per heavy atom. The van der Waals surface area contributed by atoms with Gasteiger partial charge in [0, 0.05) is 31.2 Å². The van der Waals surface area contributed by atoms with Gasteiger partial charge in [0.25, 0.3) is 0 Å². The van der Waals surface area contributed by atoms with Gasteiger partial charge in [0.2, 0.25) is 5.91 Å². The third kappa shape index (κ3) is 2.54. The van der Waals surface area contributed by atoms with Gasteiger partial charge in [0.1, 0.15) is 0 Å². The van der Waals surface area contributed by atoms with Gasteiger partial charge in [0.05, 0.1) is 11.4 Å². The van der Waals surface area contributed by atoms with Crippen molar-refractivity contribution in [3.05, 3.63) is 58.4 Å². The monoisotopic (exact) mass is 339 g/mol. The van der Waals surface area contributed by atoms with Crippen molar-refractivity contribution in [2.45, 2.75) is 31.8 Å². The lowest BCUT2D eigenvalue weighted by atomic mass is 9.94. The third-order valence-electron chi connectivity index (χ3n) is 4.87. The van der Waals surface area contributed by atoms with Crippen LogP contribution in [-0.2, 0) is 17.8 Å². The molecule has 1 aromatic carbocycles. The van der Waals surface area contributed by atoms with Crippen LogP contribution in [0.1, 0.15) is 24.0 Å². The molecular formula is C19H21N3OS. The second-order valence-corrected chi connectivity index (χ2v) is 7.23. The Labute approximate surface area is 146 Å². The Morgan fingerprint density at radius 2 is 2.21 bits per heavy atom. The molecule has 1 aromatic heterocycles. The topological polar surface area (TPSA) is 49.6 Å². The van der Waals surface area contributed by atoms with Crippen molar-refractivity contribution in [3.8, 4) is 0 Å². The summed E-state index contributed by atoms with van der Waals surface area (Å²) in [5.41, 5.74) is 11.8. The van der Waals surface area contributed by atoms with Crippen LogP contribution < -0.4 is 15.5 Å². The Kier molecular flexibility index (Phi) is 3.90. The summed E-state index contributed by atoms with van der Waals surface area (Å²) >= 11 is 1.69. The smallest absolute Gasteiger partial charge is 0.227 e. The molecule has 2 aromatic rings. The maximum Gasteiger partial charge on any atom is 0.227 e. The van der Waals surface area contributed by atoms with E-state index in [0.29, 0.717) is 6.42 Å². The van der Waals surface area contributed by atoms with E-state index in [1.54, 1.807) is 11.3 Å². The molecule has 2 aliphatic heterocycles. The number of carbonyl (C=O) groups is 1. The number of nitrogens with zero attached hydrogens (tertiary/aromatic N) is 2. The van der Waals surface area contributed by atoms with Gasteiger partial charge in [-0.2, -0.15) is 11.3 Å². The average molecular weight is 339 g/mol. The van der Waals surface area contributed by atoms with Gasteiger partial charge >= 0.3 is 0 Å². The predicted molar refractivity (Wildman–Crippen MR) is 99.4 cm³/mol. The van der Waals surface area contributed by atoms with Crippen LogP contribution in [-0.4, -0.2) is 18.5 Å². The third-order valence-corrected chi connectivity index (χ3v) is 5.60. The molecule has 1 atom stereocenters. The van der Waals surface area contributed by atoms with E-state index >= 15 is 0 Å². The van der Waals surface area contributed by atoms with E-state index in [2.05, 4.69) is 34.4 Å². The number of para-hydroxylation sites is 1. The summed E-state index contributed by atoms with van der Waals surface area (Å²) in [6, 6.07) is 8.24. The van der Waals surface area contributed by atoms with E-state index in [0.717, 1.165) is 43.0 Å². The SMILES string of the molecule is C=C1C(N)Cc2cccc(N3CCCC3=O)c2N1Cc1ccsc1. The fraction of sp³-hybridized carbons (Fsp3) is 0.316. The number of hydrogen-bond acceptors (Lipinski definition) is 4. The highest BCUT2D eigenvalue weighted by Crippen LogP contribution is 2.41. The highest BCUT2D eigenvalue weighted by molar-refractivity contribution is 7.07. The Hall–Kier alpha value is -2.11. The van der Waals surface area contributed by atoms with Gasteiger partial charge in [-0.25, -0.2) is 0 Å². The fourth-order valence-corrected chi connectivity index (χ4v) is 4.28. The summed E-state index contributed by atoms with van der Waals surface area (Å²) in [5.74, 6) is 0.208. The minimum Gasteiger partial charge on any atom is -0.338 e. The van der Waals surface area contributed by atoms with Crippen LogP contribution in [0.2, 0.25) is 0 Å². The van der Waals surface area contributed by atoms with Crippen molar-refractivity contribution in [3.63, 3.8) is 0 Å². The van der Waals surface area contributed by atoms with E-state index in [1.807, 2.05) is 17.0 Å². The molecule has 124 valence electrons. The molecule has 5 heteroatoms. The molecule has 1 amide bonds. The second-order valence-electron chi connectivity index (χ2n) is 6.45. The van der Waals surface area contributed by atoms with Crippen molar-refractivity contribution in [1.29, 1.82) is 0 Å². The molecule has 1 fully saturated rings. The van der Waals surface area contributed by atoms with Gasteiger partial charge < -0.3 is 15.5 Å². The Morgan fingerprint density at radius 3 is 2.92 bits per heavy atom. The van der Waals surface area contributed by atoms with E-state index < -0.39 is 0 Å². The van der Waals surface area contributed by atoms with Crippen LogP contribution in [0, 0.1) is 0 Å². The maximum absolute atomic E-state index is 12.3. The standard InChI is InChI=1S/C19H21N3OS/c1-13-16(20)10-15-4-2-5-17(21-8-3-6-18(21)23)19(15)22(13)11-14-7-9-24-12-14/h2,4-5,7,9,12,16H,1,3,6,8,10-11,20H2. The summed E-state index contributed by atoms with van der Waals surface area (Å²) in [4.78, 5) is 16.4. The lowest BCUT2D eigenvalue weighted by Crippen LogP contribution is -2.41. The summed E-state index contributed by atoms with van der Waals surface area (Å²) < 4.78 is 0. The molecule has 4 nitrogen and oxygen atoms in total. The van der Waals surface area contributed by atoms with Gasteiger partial charge in [-0.3, -0.25) is 4.79 Å². The zero-order valence-electron chi connectivity index (χ0n) is 13.6. The van der Waals surface area contributed by atoms with Crippen LogP contribution in [0.4, 0.5) is 11.4 Å². The zero-order chi connectivity index (χ0) is 16.7. The molecule has 0 spiro atoms. The summed E-state index contributed by atoms with van der Waals surface area (Å²) in [6.07, 6.45) is 2.33. The number of anilines is 2. The zero-order valence-corrected chi connectivity index (χ0v) is 14.4. The molecule has 0 aliphatic carbocycles. The van der Waals surface area contributed by atoms with Crippen LogP contribution in [0.25, 0.3) is 0 Å². The fourth-order valence-electron chi connectivity index (χ4n) is 3.62. The summed E-state index contributed by atoms with van der Waals surface area (Å²) in [6.45, 7) is 5.77. The number of nitrogens with two attached hydrogens (primary N) is 1. The van der Waals surface area contributed by atoms with Gasteiger partial charge in [-0.05, 0) is 46.9 Å². The number of fused-ring (bicyclic) bond motifs is 1. The van der Waals surface area contributed by atoms with Crippen molar-refractivity contribution in [2.75, 3.05) is 16.3 Å². The van der Waals surface area contributed by atoms with Gasteiger partial charge in [0.15, 0.2) is 0 Å². The molecule has 3 heterocycles. The van der Waals surface area contributed by atoms with Crippen molar-refractivity contribution in [1.82, 2.24) is 0 Å². The first-order chi connectivity index (χ1) is 11.6.